The molecule has 1 N–H and O–H groups in total. The zero-order valence-electron chi connectivity index (χ0n) is 11.3. The second-order valence-corrected chi connectivity index (χ2v) is 5.66. The lowest BCUT2D eigenvalue weighted by molar-refractivity contribution is -0.141. The Labute approximate surface area is 122 Å². The molecule has 1 aromatic rings. The van der Waals surface area contributed by atoms with Crippen LogP contribution in [0, 0.1) is 6.92 Å². The summed E-state index contributed by atoms with van der Waals surface area (Å²) in [6.45, 7) is 5.08. The number of ether oxygens (including phenoxy) is 1. The first-order valence-electron chi connectivity index (χ1n) is 6.36. The molecule has 1 aromatic carbocycles. The lowest BCUT2D eigenvalue weighted by atomic mass is 9.79. The van der Waals surface area contributed by atoms with Gasteiger partial charge in [0.15, 0.2) is 0 Å². The molecule has 6 heteroatoms. The van der Waals surface area contributed by atoms with Gasteiger partial charge in [-0.3, -0.25) is 0 Å². The van der Waals surface area contributed by atoms with Crippen LogP contribution < -0.4 is 5.32 Å². The Kier molecular flexibility index (Phi) is 3.82. The van der Waals surface area contributed by atoms with E-state index in [0.29, 0.717) is 24.2 Å². The Morgan fingerprint density at radius 1 is 1.35 bits per heavy atom. The van der Waals surface area contributed by atoms with E-state index in [-0.39, 0.29) is 30.5 Å². The van der Waals surface area contributed by atoms with Gasteiger partial charge in [0.2, 0.25) is 0 Å². The van der Waals surface area contributed by atoms with E-state index in [9.17, 15) is 13.2 Å². The van der Waals surface area contributed by atoms with Gasteiger partial charge in [0.25, 0.3) is 0 Å². The van der Waals surface area contributed by atoms with Crippen LogP contribution in [0.3, 0.4) is 0 Å². The predicted octanol–water partition coefficient (Wildman–Crippen LogP) is 3.41. The fourth-order valence-electron chi connectivity index (χ4n) is 3.20. The maximum absolute atomic E-state index is 13.1. The van der Waals surface area contributed by atoms with Gasteiger partial charge in [-0.05, 0) is 31.0 Å². The molecule has 0 spiro atoms. The molecule has 2 nitrogen and oxygen atoms in total. The van der Waals surface area contributed by atoms with Gasteiger partial charge in [-0.15, -0.1) is 12.4 Å². The standard InChI is InChI=1S/C14H16F3NO.ClH/c1-8-3-9-10(11(4-8)14(15,16)17)6-19-13(2)7-18-5-12(9)13;/h3-4,12,18H,5-7H2,1-2H3;1H. The van der Waals surface area contributed by atoms with Crippen LogP contribution in [-0.2, 0) is 17.5 Å². The quantitative estimate of drug-likeness (QED) is 0.793. The highest BCUT2D eigenvalue weighted by molar-refractivity contribution is 5.85. The highest BCUT2D eigenvalue weighted by Crippen LogP contribution is 2.45. The van der Waals surface area contributed by atoms with Crippen molar-refractivity contribution in [2.45, 2.75) is 38.1 Å². The lowest BCUT2D eigenvalue weighted by Gasteiger charge is -2.38. The molecular weight excluding hydrogens is 291 g/mol. The number of fused-ring (bicyclic) bond motifs is 3. The van der Waals surface area contributed by atoms with E-state index in [1.807, 2.05) is 13.0 Å². The van der Waals surface area contributed by atoms with Crippen molar-refractivity contribution < 1.29 is 17.9 Å². The third-order valence-electron chi connectivity index (χ3n) is 4.22. The number of hydrogen-bond donors (Lipinski definition) is 1. The molecule has 3 rings (SSSR count). The van der Waals surface area contributed by atoms with E-state index < -0.39 is 11.7 Å². The van der Waals surface area contributed by atoms with Crippen LogP contribution in [-0.4, -0.2) is 18.7 Å². The number of nitrogens with one attached hydrogen (secondary N) is 1. The first-order valence-corrected chi connectivity index (χ1v) is 6.36. The van der Waals surface area contributed by atoms with E-state index >= 15 is 0 Å². The Bertz CT molecular complexity index is 532. The molecular formula is C14H17ClF3NO. The minimum Gasteiger partial charge on any atom is -0.369 e. The molecule has 0 amide bonds. The van der Waals surface area contributed by atoms with Crippen molar-refractivity contribution in [3.05, 3.63) is 34.4 Å². The van der Waals surface area contributed by atoms with Crippen molar-refractivity contribution in [3.8, 4) is 0 Å². The van der Waals surface area contributed by atoms with Gasteiger partial charge in [-0.2, -0.15) is 13.2 Å². The van der Waals surface area contributed by atoms with Crippen molar-refractivity contribution in [2.24, 2.45) is 0 Å². The van der Waals surface area contributed by atoms with Gasteiger partial charge in [0.05, 0.1) is 17.8 Å². The highest BCUT2D eigenvalue weighted by atomic mass is 35.5. The van der Waals surface area contributed by atoms with Crippen molar-refractivity contribution in [1.29, 1.82) is 0 Å². The van der Waals surface area contributed by atoms with E-state index in [1.54, 1.807) is 6.92 Å². The molecule has 0 radical (unpaired) electrons. The molecule has 1 fully saturated rings. The van der Waals surface area contributed by atoms with Crippen LogP contribution in [0.15, 0.2) is 12.1 Å². The smallest absolute Gasteiger partial charge is 0.369 e. The van der Waals surface area contributed by atoms with Crippen molar-refractivity contribution in [3.63, 3.8) is 0 Å². The molecule has 2 unspecified atom stereocenters. The predicted molar refractivity (Wildman–Crippen MR) is 72.2 cm³/mol. The second kappa shape index (κ2) is 4.90. The topological polar surface area (TPSA) is 21.3 Å². The number of alkyl halides is 3. The minimum absolute atomic E-state index is 0. The number of aryl methyl sites for hydroxylation is 1. The SMILES string of the molecule is Cc1cc2c(c(C(F)(F)F)c1)COC1(C)CNCC21.Cl. The average molecular weight is 308 g/mol. The largest absolute Gasteiger partial charge is 0.416 e. The zero-order chi connectivity index (χ0) is 13.8. The van der Waals surface area contributed by atoms with Crippen LogP contribution >= 0.6 is 12.4 Å². The Morgan fingerprint density at radius 2 is 2.05 bits per heavy atom. The van der Waals surface area contributed by atoms with Gasteiger partial charge in [0, 0.05) is 19.0 Å². The van der Waals surface area contributed by atoms with Gasteiger partial charge in [-0.1, -0.05) is 11.6 Å². The summed E-state index contributed by atoms with van der Waals surface area (Å²) in [5.74, 6) is -0.00255. The first-order chi connectivity index (χ1) is 8.81. The molecule has 0 saturated carbocycles. The highest BCUT2D eigenvalue weighted by Gasteiger charge is 2.47. The van der Waals surface area contributed by atoms with Crippen molar-refractivity contribution in [2.75, 3.05) is 13.1 Å². The number of hydrogen-bond acceptors (Lipinski definition) is 2. The van der Waals surface area contributed by atoms with Gasteiger partial charge in [0.1, 0.15) is 0 Å². The molecule has 2 heterocycles. The van der Waals surface area contributed by atoms with Crippen LogP contribution in [0.2, 0.25) is 0 Å². The molecule has 0 aliphatic carbocycles. The molecule has 20 heavy (non-hydrogen) atoms. The third kappa shape index (κ3) is 2.32. The fraction of sp³-hybridized carbons (Fsp3) is 0.571. The normalized spacial score (nSPS) is 28.6. The molecule has 112 valence electrons. The van der Waals surface area contributed by atoms with E-state index in [0.717, 1.165) is 5.56 Å². The van der Waals surface area contributed by atoms with E-state index in [2.05, 4.69) is 5.32 Å². The van der Waals surface area contributed by atoms with E-state index in [1.165, 1.54) is 6.07 Å². The number of halogens is 4. The molecule has 2 aliphatic heterocycles. The maximum atomic E-state index is 13.1. The second-order valence-electron chi connectivity index (χ2n) is 5.66. The number of rotatable bonds is 0. The van der Waals surface area contributed by atoms with Crippen molar-refractivity contribution in [1.82, 2.24) is 5.32 Å². The first kappa shape index (κ1) is 15.6. The molecule has 2 aliphatic rings. The Balaban J connectivity index is 0.00000147. The monoisotopic (exact) mass is 307 g/mol. The summed E-state index contributed by atoms with van der Waals surface area (Å²) in [6, 6.07) is 3.09. The lowest BCUT2D eigenvalue weighted by Crippen LogP contribution is -2.40. The van der Waals surface area contributed by atoms with Gasteiger partial charge < -0.3 is 10.1 Å². The zero-order valence-corrected chi connectivity index (χ0v) is 12.1. The molecule has 1 saturated heterocycles. The maximum Gasteiger partial charge on any atom is 0.416 e. The summed E-state index contributed by atoms with van der Waals surface area (Å²) in [6.07, 6.45) is -4.32. The van der Waals surface area contributed by atoms with E-state index in [4.69, 9.17) is 4.74 Å². The summed E-state index contributed by atoms with van der Waals surface area (Å²) in [4.78, 5) is 0. The fourth-order valence-corrected chi connectivity index (χ4v) is 3.20. The van der Waals surface area contributed by atoms with Crippen LogP contribution in [0.25, 0.3) is 0 Å². The summed E-state index contributed by atoms with van der Waals surface area (Å²) in [7, 11) is 0. The minimum atomic E-state index is -4.32. The van der Waals surface area contributed by atoms with Gasteiger partial charge in [-0.25, -0.2) is 0 Å². The van der Waals surface area contributed by atoms with Crippen LogP contribution in [0.5, 0.6) is 0 Å². The van der Waals surface area contributed by atoms with Crippen molar-refractivity contribution >= 4 is 12.4 Å². The third-order valence-corrected chi connectivity index (χ3v) is 4.22. The molecule has 2 atom stereocenters. The molecule has 0 aromatic heterocycles. The molecule has 0 bridgehead atoms. The summed E-state index contributed by atoms with van der Waals surface area (Å²) in [5, 5.41) is 3.22. The van der Waals surface area contributed by atoms with Gasteiger partial charge >= 0.3 is 6.18 Å². The van der Waals surface area contributed by atoms with Crippen LogP contribution in [0.4, 0.5) is 13.2 Å². The summed E-state index contributed by atoms with van der Waals surface area (Å²) >= 11 is 0. The van der Waals surface area contributed by atoms with Crippen LogP contribution in [0.1, 0.15) is 35.1 Å². The Hall–Kier alpha value is -0.780. The summed E-state index contributed by atoms with van der Waals surface area (Å²) < 4.78 is 45.1. The Morgan fingerprint density at radius 3 is 2.70 bits per heavy atom. The summed E-state index contributed by atoms with van der Waals surface area (Å²) in [5.41, 5.74) is 0.831. The number of benzene rings is 1. The average Bonchev–Trinajstić information content (AvgIpc) is 2.69.